The van der Waals surface area contributed by atoms with E-state index in [-0.39, 0.29) is 12.5 Å². The number of hydrogen-bond acceptors (Lipinski definition) is 3. The van der Waals surface area contributed by atoms with Crippen LogP contribution in [0.3, 0.4) is 0 Å². The lowest BCUT2D eigenvalue weighted by molar-refractivity contribution is 0.102. The van der Waals surface area contributed by atoms with Gasteiger partial charge in [-0.25, -0.2) is 8.42 Å². The lowest BCUT2D eigenvalue weighted by Crippen LogP contribution is -2.29. The van der Waals surface area contributed by atoms with Gasteiger partial charge in [0, 0.05) is 21.8 Å². The van der Waals surface area contributed by atoms with Gasteiger partial charge in [-0.15, -0.1) is 0 Å². The van der Waals surface area contributed by atoms with Gasteiger partial charge in [-0.1, -0.05) is 78.3 Å². The Hall–Kier alpha value is -3.61. The molecule has 5 nitrogen and oxygen atoms in total. The average molecular weight is 491 g/mol. The van der Waals surface area contributed by atoms with Crippen molar-refractivity contribution in [3.63, 3.8) is 0 Å². The van der Waals surface area contributed by atoms with Gasteiger partial charge in [-0.2, -0.15) is 0 Å². The van der Waals surface area contributed by atoms with Crippen molar-refractivity contribution < 1.29 is 13.2 Å². The number of sulfonamides is 1. The molecule has 1 N–H and O–H groups in total. The van der Waals surface area contributed by atoms with Crippen LogP contribution in [0, 0.1) is 0 Å². The second-order valence-corrected chi connectivity index (χ2v) is 10.1. The van der Waals surface area contributed by atoms with Crippen LogP contribution in [-0.2, 0) is 16.6 Å². The summed E-state index contributed by atoms with van der Waals surface area (Å²) in [7, 11) is -3.58. The van der Waals surface area contributed by atoms with E-state index < -0.39 is 10.0 Å². The van der Waals surface area contributed by atoms with E-state index in [0.717, 1.165) is 17.4 Å². The van der Waals surface area contributed by atoms with Crippen molar-refractivity contribution in [2.45, 2.75) is 6.54 Å². The Bertz CT molecular complexity index is 1410. The summed E-state index contributed by atoms with van der Waals surface area (Å²) in [6.07, 6.45) is 1.14. The van der Waals surface area contributed by atoms with E-state index in [1.807, 2.05) is 60.7 Å². The molecule has 0 saturated carbocycles. The van der Waals surface area contributed by atoms with Crippen LogP contribution in [0.2, 0.25) is 5.02 Å². The Morgan fingerprint density at radius 3 is 2.12 bits per heavy atom. The first-order valence-electron chi connectivity index (χ1n) is 10.6. The van der Waals surface area contributed by atoms with Crippen molar-refractivity contribution in [2.24, 2.45) is 0 Å². The second kappa shape index (κ2) is 10.1. The van der Waals surface area contributed by atoms with E-state index in [1.54, 1.807) is 42.5 Å². The minimum absolute atomic E-state index is 0.0918. The molecule has 0 heterocycles. The van der Waals surface area contributed by atoms with Gasteiger partial charge in [0.2, 0.25) is 10.0 Å². The number of halogens is 1. The SMILES string of the molecule is CS(=O)(=O)N(Cc1ccccc1Cl)c1ccc(C(=O)Nc2ccccc2-c2ccccc2)cc1. The summed E-state index contributed by atoms with van der Waals surface area (Å²) in [5.74, 6) is -0.285. The Labute approximate surface area is 204 Å². The first kappa shape index (κ1) is 23.5. The molecule has 4 aromatic carbocycles. The number of amides is 1. The number of nitrogens with zero attached hydrogens (tertiary/aromatic N) is 1. The van der Waals surface area contributed by atoms with Crippen molar-refractivity contribution in [3.05, 3.63) is 119 Å². The molecule has 4 aromatic rings. The number of carbonyl (C=O) groups excluding carboxylic acids is 1. The minimum Gasteiger partial charge on any atom is -0.321 e. The monoisotopic (exact) mass is 490 g/mol. The predicted octanol–water partition coefficient (Wildman–Crippen LogP) is 6.23. The van der Waals surface area contributed by atoms with Crippen LogP contribution >= 0.6 is 11.6 Å². The summed E-state index contributed by atoms with van der Waals surface area (Å²) in [6.45, 7) is 0.0918. The van der Waals surface area contributed by atoms with Crippen molar-refractivity contribution in [1.29, 1.82) is 0 Å². The quantitative estimate of drug-likeness (QED) is 0.334. The standard InChI is InChI=1S/C27H23ClN2O3S/c1-34(32,33)30(19-22-11-5-7-13-25(22)28)23-17-15-21(16-18-23)27(31)29-26-14-8-6-12-24(26)20-9-3-2-4-10-20/h2-18H,19H2,1H3,(H,29,31). The molecule has 7 heteroatoms. The van der Waals surface area contributed by atoms with E-state index in [9.17, 15) is 13.2 Å². The number of hydrogen-bond donors (Lipinski definition) is 1. The summed E-state index contributed by atoms with van der Waals surface area (Å²) in [4.78, 5) is 13.0. The van der Waals surface area contributed by atoms with Crippen molar-refractivity contribution >= 4 is 38.9 Å². The van der Waals surface area contributed by atoms with Crippen LogP contribution in [0.25, 0.3) is 11.1 Å². The molecule has 0 fully saturated rings. The normalized spacial score (nSPS) is 11.1. The van der Waals surface area contributed by atoms with Crippen LogP contribution < -0.4 is 9.62 Å². The molecular weight excluding hydrogens is 468 g/mol. The zero-order valence-electron chi connectivity index (χ0n) is 18.5. The third kappa shape index (κ3) is 5.47. The molecule has 1 amide bonds. The average Bonchev–Trinajstić information content (AvgIpc) is 2.84. The van der Waals surface area contributed by atoms with Gasteiger partial charge >= 0.3 is 0 Å². The number of carbonyl (C=O) groups is 1. The first-order chi connectivity index (χ1) is 16.3. The molecule has 0 radical (unpaired) electrons. The topological polar surface area (TPSA) is 66.5 Å². The zero-order chi connectivity index (χ0) is 24.1. The third-order valence-electron chi connectivity index (χ3n) is 5.35. The maximum Gasteiger partial charge on any atom is 0.255 e. The van der Waals surface area contributed by atoms with Crippen LogP contribution in [0.15, 0.2) is 103 Å². The Kier molecular flexibility index (Phi) is 7.01. The summed E-state index contributed by atoms with van der Waals surface area (Å²) in [6, 6.07) is 31.0. The Morgan fingerprint density at radius 1 is 0.824 bits per heavy atom. The smallest absolute Gasteiger partial charge is 0.255 e. The maximum absolute atomic E-state index is 13.0. The predicted molar refractivity (Wildman–Crippen MR) is 139 cm³/mol. The Morgan fingerprint density at radius 2 is 1.44 bits per heavy atom. The highest BCUT2D eigenvalue weighted by atomic mass is 35.5. The zero-order valence-corrected chi connectivity index (χ0v) is 20.1. The highest BCUT2D eigenvalue weighted by Crippen LogP contribution is 2.29. The van der Waals surface area contributed by atoms with Crippen molar-refractivity contribution in [2.75, 3.05) is 15.9 Å². The number of benzene rings is 4. The van der Waals surface area contributed by atoms with Gasteiger partial charge in [-0.3, -0.25) is 9.10 Å². The highest BCUT2D eigenvalue weighted by molar-refractivity contribution is 7.92. The van der Waals surface area contributed by atoms with Gasteiger partial charge in [-0.05, 0) is 47.5 Å². The van der Waals surface area contributed by atoms with Crippen LogP contribution in [0.1, 0.15) is 15.9 Å². The largest absolute Gasteiger partial charge is 0.321 e. The van der Waals surface area contributed by atoms with Gasteiger partial charge < -0.3 is 5.32 Å². The van der Waals surface area contributed by atoms with Crippen LogP contribution in [0.4, 0.5) is 11.4 Å². The van der Waals surface area contributed by atoms with E-state index in [2.05, 4.69) is 5.32 Å². The number of anilines is 2. The Balaban J connectivity index is 1.57. The fourth-order valence-electron chi connectivity index (χ4n) is 3.62. The third-order valence-corrected chi connectivity index (χ3v) is 6.86. The molecule has 0 atom stereocenters. The molecule has 0 unspecified atom stereocenters. The fourth-order valence-corrected chi connectivity index (χ4v) is 4.69. The van der Waals surface area contributed by atoms with Crippen molar-refractivity contribution in [1.82, 2.24) is 0 Å². The molecule has 34 heavy (non-hydrogen) atoms. The van der Waals surface area contributed by atoms with E-state index in [1.165, 1.54) is 4.31 Å². The maximum atomic E-state index is 13.0. The van der Waals surface area contributed by atoms with E-state index in [0.29, 0.717) is 27.5 Å². The molecule has 0 spiro atoms. The van der Waals surface area contributed by atoms with Crippen LogP contribution in [-0.4, -0.2) is 20.6 Å². The number of para-hydroxylation sites is 1. The number of rotatable bonds is 7. The van der Waals surface area contributed by atoms with Crippen molar-refractivity contribution in [3.8, 4) is 11.1 Å². The summed E-state index contributed by atoms with van der Waals surface area (Å²) >= 11 is 6.23. The van der Waals surface area contributed by atoms with Gasteiger partial charge in [0.25, 0.3) is 5.91 Å². The van der Waals surface area contributed by atoms with E-state index in [4.69, 9.17) is 11.6 Å². The summed E-state index contributed by atoms with van der Waals surface area (Å²) in [5.41, 5.74) is 4.16. The molecule has 0 saturated heterocycles. The molecule has 0 bridgehead atoms. The van der Waals surface area contributed by atoms with Gasteiger partial charge in [0.1, 0.15) is 0 Å². The lowest BCUT2D eigenvalue weighted by Gasteiger charge is -2.23. The molecule has 0 aliphatic carbocycles. The van der Waals surface area contributed by atoms with Gasteiger partial charge in [0.15, 0.2) is 0 Å². The molecule has 0 aliphatic heterocycles. The minimum atomic E-state index is -3.58. The van der Waals surface area contributed by atoms with Gasteiger partial charge in [0.05, 0.1) is 18.5 Å². The molecule has 172 valence electrons. The summed E-state index contributed by atoms with van der Waals surface area (Å²) < 4.78 is 26.2. The fraction of sp³-hybridized carbons (Fsp3) is 0.0741. The lowest BCUT2D eigenvalue weighted by atomic mass is 10.0. The highest BCUT2D eigenvalue weighted by Gasteiger charge is 2.20. The molecule has 4 rings (SSSR count). The van der Waals surface area contributed by atoms with Crippen LogP contribution in [0.5, 0.6) is 0 Å². The van der Waals surface area contributed by atoms with E-state index >= 15 is 0 Å². The summed E-state index contributed by atoms with van der Waals surface area (Å²) in [5, 5.41) is 3.45. The molecule has 0 aliphatic rings. The first-order valence-corrected chi connectivity index (χ1v) is 12.8. The molecule has 0 aromatic heterocycles. The molecular formula is C27H23ClN2O3S. The number of nitrogens with one attached hydrogen (secondary N) is 1. The second-order valence-electron chi connectivity index (χ2n) is 7.77.